The molecule has 0 aliphatic rings. The van der Waals surface area contributed by atoms with E-state index < -0.39 is 0 Å². The largest absolute Gasteiger partial charge is 0.309 e. The van der Waals surface area contributed by atoms with Gasteiger partial charge in [0.25, 0.3) is 0 Å². The van der Waals surface area contributed by atoms with Gasteiger partial charge in [-0.1, -0.05) is 130 Å². The van der Waals surface area contributed by atoms with Crippen LogP contribution in [-0.2, 0) is 5.41 Å². The maximum absolute atomic E-state index is 15.5. The highest BCUT2D eigenvalue weighted by Crippen LogP contribution is 2.39. The molecule has 6 aromatic carbocycles. The molecule has 8 aromatic rings. The number of fused-ring (bicyclic) bond motifs is 3. The molecule has 0 saturated heterocycles. The number of halogens is 1. The van der Waals surface area contributed by atoms with E-state index in [1.54, 1.807) is 12.1 Å². The lowest BCUT2D eigenvalue weighted by molar-refractivity contribution is 0.591. The SMILES string of the molecule is CC(C)(C)c1ccc2c(c1)c1ccccc1n2-c1ccc(-c2ccccc2F)c(-c2nc(-c3ccccc3)nc(-c3ccccc3)n2)c1. The van der Waals surface area contributed by atoms with E-state index in [-0.39, 0.29) is 11.2 Å². The second-order valence-electron chi connectivity index (χ2n) is 13.1. The summed E-state index contributed by atoms with van der Waals surface area (Å²) in [4.78, 5) is 15.0. The zero-order chi connectivity index (χ0) is 32.8. The quantitative estimate of drug-likeness (QED) is 0.191. The van der Waals surface area contributed by atoms with Gasteiger partial charge in [-0.2, -0.15) is 0 Å². The van der Waals surface area contributed by atoms with Crippen LogP contribution in [0.4, 0.5) is 4.39 Å². The predicted octanol–water partition coefficient (Wildman–Crippen LogP) is 11.1. The smallest absolute Gasteiger partial charge is 0.164 e. The molecule has 0 unspecified atom stereocenters. The van der Waals surface area contributed by atoms with Crippen LogP contribution >= 0.6 is 0 Å². The summed E-state index contributed by atoms with van der Waals surface area (Å²) in [6.07, 6.45) is 0. The van der Waals surface area contributed by atoms with Gasteiger partial charge in [0, 0.05) is 38.7 Å². The second kappa shape index (κ2) is 11.7. The highest BCUT2D eigenvalue weighted by molar-refractivity contribution is 6.09. The van der Waals surface area contributed by atoms with Gasteiger partial charge in [-0.3, -0.25) is 0 Å². The molecular formula is C43H33FN4. The highest BCUT2D eigenvalue weighted by atomic mass is 19.1. The Labute approximate surface area is 279 Å². The number of rotatable bonds is 5. The van der Waals surface area contributed by atoms with Crippen molar-refractivity contribution in [1.82, 2.24) is 19.5 Å². The van der Waals surface area contributed by atoms with E-state index in [1.165, 1.54) is 22.4 Å². The van der Waals surface area contributed by atoms with Crippen LogP contribution in [-0.4, -0.2) is 19.5 Å². The van der Waals surface area contributed by atoms with Crippen molar-refractivity contribution in [1.29, 1.82) is 0 Å². The van der Waals surface area contributed by atoms with E-state index in [1.807, 2.05) is 72.8 Å². The lowest BCUT2D eigenvalue weighted by Crippen LogP contribution is -2.10. The van der Waals surface area contributed by atoms with Crippen molar-refractivity contribution in [3.63, 3.8) is 0 Å². The molecule has 0 spiro atoms. The standard InChI is InChI=1S/C43H33FN4/c1-43(2,3)30-22-25-39-35(26-30)34-19-11-13-21-38(34)48(39)31-23-24-32(33-18-10-12-20-37(33)44)36(27-31)42-46-40(28-14-6-4-7-15-28)45-41(47-42)29-16-8-5-9-17-29/h4-27H,1-3H3. The number of para-hydroxylation sites is 1. The zero-order valence-corrected chi connectivity index (χ0v) is 27.0. The Bertz CT molecular complexity index is 2380. The molecule has 48 heavy (non-hydrogen) atoms. The van der Waals surface area contributed by atoms with Crippen LogP contribution in [0.5, 0.6) is 0 Å². The molecule has 4 nitrogen and oxygen atoms in total. The molecule has 232 valence electrons. The van der Waals surface area contributed by atoms with E-state index in [0.717, 1.165) is 27.8 Å². The van der Waals surface area contributed by atoms with Gasteiger partial charge in [0.05, 0.1) is 11.0 Å². The second-order valence-corrected chi connectivity index (χ2v) is 13.1. The molecule has 0 atom stereocenters. The summed E-state index contributed by atoms with van der Waals surface area (Å²) < 4.78 is 17.8. The van der Waals surface area contributed by atoms with Crippen LogP contribution in [0.1, 0.15) is 26.3 Å². The van der Waals surface area contributed by atoms with Gasteiger partial charge in [-0.15, -0.1) is 0 Å². The third-order valence-corrected chi connectivity index (χ3v) is 8.90. The lowest BCUT2D eigenvalue weighted by atomic mass is 9.86. The van der Waals surface area contributed by atoms with Crippen molar-refractivity contribution in [2.24, 2.45) is 0 Å². The van der Waals surface area contributed by atoms with Crippen LogP contribution in [0.25, 0.3) is 72.8 Å². The zero-order valence-electron chi connectivity index (χ0n) is 27.0. The van der Waals surface area contributed by atoms with Crippen LogP contribution in [0.3, 0.4) is 0 Å². The van der Waals surface area contributed by atoms with Crippen molar-refractivity contribution in [3.05, 3.63) is 157 Å². The van der Waals surface area contributed by atoms with Crippen molar-refractivity contribution in [2.45, 2.75) is 26.2 Å². The van der Waals surface area contributed by atoms with Crippen molar-refractivity contribution < 1.29 is 4.39 Å². The fourth-order valence-corrected chi connectivity index (χ4v) is 6.42. The van der Waals surface area contributed by atoms with Gasteiger partial charge < -0.3 is 4.57 Å². The number of benzene rings is 6. The van der Waals surface area contributed by atoms with Gasteiger partial charge in [0.15, 0.2) is 17.5 Å². The van der Waals surface area contributed by atoms with Crippen LogP contribution in [0.2, 0.25) is 0 Å². The van der Waals surface area contributed by atoms with E-state index in [4.69, 9.17) is 15.0 Å². The fraction of sp³-hybridized carbons (Fsp3) is 0.0930. The van der Waals surface area contributed by atoms with Gasteiger partial charge in [-0.25, -0.2) is 19.3 Å². The Kier molecular flexibility index (Phi) is 7.18. The maximum atomic E-state index is 15.5. The number of hydrogen-bond donors (Lipinski definition) is 0. The molecule has 0 bridgehead atoms. The van der Waals surface area contributed by atoms with Crippen LogP contribution in [0, 0.1) is 5.82 Å². The molecule has 0 radical (unpaired) electrons. The monoisotopic (exact) mass is 624 g/mol. The first-order chi connectivity index (χ1) is 23.3. The summed E-state index contributed by atoms with van der Waals surface area (Å²) in [7, 11) is 0. The van der Waals surface area contributed by atoms with Crippen molar-refractivity contribution in [3.8, 4) is 51.0 Å². The average Bonchev–Trinajstić information content (AvgIpc) is 3.46. The molecule has 0 amide bonds. The average molecular weight is 625 g/mol. The predicted molar refractivity (Wildman–Crippen MR) is 195 cm³/mol. The third kappa shape index (κ3) is 5.23. The Balaban J connectivity index is 1.42. The molecule has 0 N–H and O–H groups in total. The Morgan fingerprint density at radius 3 is 1.73 bits per heavy atom. The Morgan fingerprint density at radius 2 is 1.06 bits per heavy atom. The van der Waals surface area contributed by atoms with E-state index in [2.05, 4.69) is 79.9 Å². The van der Waals surface area contributed by atoms with Gasteiger partial charge >= 0.3 is 0 Å². The number of hydrogen-bond acceptors (Lipinski definition) is 3. The fourth-order valence-electron chi connectivity index (χ4n) is 6.42. The first-order valence-corrected chi connectivity index (χ1v) is 16.2. The molecule has 0 saturated carbocycles. The summed E-state index contributed by atoms with van der Waals surface area (Å²) in [5, 5.41) is 2.37. The van der Waals surface area contributed by atoms with Gasteiger partial charge in [0.1, 0.15) is 5.82 Å². The minimum absolute atomic E-state index is 0.0115. The molecule has 8 rings (SSSR count). The Morgan fingerprint density at radius 1 is 0.479 bits per heavy atom. The van der Waals surface area contributed by atoms with Crippen molar-refractivity contribution in [2.75, 3.05) is 0 Å². The number of nitrogens with zero attached hydrogens (tertiary/aromatic N) is 4. The lowest BCUT2D eigenvalue weighted by Gasteiger charge is -2.19. The van der Waals surface area contributed by atoms with E-state index in [0.29, 0.717) is 34.2 Å². The van der Waals surface area contributed by atoms with E-state index in [9.17, 15) is 0 Å². The Hall–Kier alpha value is -5.94. The normalized spacial score (nSPS) is 11.8. The summed E-state index contributed by atoms with van der Waals surface area (Å²) in [5.41, 5.74) is 8.06. The molecule has 0 aliphatic carbocycles. The summed E-state index contributed by atoms with van der Waals surface area (Å²) >= 11 is 0. The van der Waals surface area contributed by atoms with Crippen LogP contribution in [0.15, 0.2) is 146 Å². The molecule has 0 fully saturated rings. The molecular weight excluding hydrogens is 591 g/mol. The van der Waals surface area contributed by atoms with Crippen molar-refractivity contribution >= 4 is 21.8 Å². The first-order valence-electron chi connectivity index (χ1n) is 16.2. The highest BCUT2D eigenvalue weighted by Gasteiger charge is 2.21. The molecule has 2 aromatic heterocycles. The minimum Gasteiger partial charge on any atom is -0.309 e. The molecule has 0 aliphatic heterocycles. The minimum atomic E-state index is -0.307. The first kappa shape index (κ1) is 29.5. The van der Waals surface area contributed by atoms with Gasteiger partial charge in [0.2, 0.25) is 0 Å². The molecule has 2 heterocycles. The summed E-state index contributed by atoms with van der Waals surface area (Å²) in [6.45, 7) is 6.72. The van der Waals surface area contributed by atoms with E-state index >= 15 is 4.39 Å². The van der Waals surface area contributed by atoms with Crippen LogP contribution < -0.4 is 0 Å². The summed E-state index contributed by atoms with van der Waals surface area (Å²) in [6, 6.07) is 48.0. The third-order valence-electron chi connectivity index (χ3n) is 8.90. The topological polar surface area (TPSA) is 43.6 Å². The molecule has 5 heteroatoms. The van der Waals surface area contributed by atoms with Gasteiger partial charge in [-0.05, 0) is 52.9 Å². The summed E-state index contributed by atoms with van der Waals surface area (Å²) in [5.74, 6) is 1.27. The number of aromatic nitrogens is 4. The maximum Gasteiger partial charge on any atom is 0.164 e.